The lowest BCUT2D eigenvalue weighted by molar-refractivity contribution is -0.242. The average Bonchev–Trinajstić information content (AvgIpc) is 3.50. The van der Waals surface area contributed by atoms with Gasteiger partial charge in [0.2, 0.25) is 0 Å². The highest BCUT2D eigenvalue weighted by molar-refractivity contribution is 5.77. The Morgan fingerprint density at radius 3 is 2.11 bits per heavy atom. The smallest absolute Gasteiger partial charge is 0.312 e. The zero-order valence-corrected chi connectivity index (χ0v) is 21.7. The van der Waals surface area contributed by atoms with Crippen molar-refractivity contribution in [2.24, 2.45) is 17.3 Å². The van der Waals surface area contributed by atoms with E-state index >= 15 is 0 Å². The number of hydrogen-bond donors (Lipinski definition) is 1. The first kappa shape index (κ1) is 26.6. The normalized spacial score (nSPS) is 45.3. The Bertz CT molecular complexity index is 983. The molecule has 2 aliphatic carbocycles. The van der Waals surface area contributed by atoms with Crippen molar-refractivity contribution in [3.8, 4) is 0 Å². The molecule has 0 aromatic carbocycles. The van der Waals surface area contributed by atoms with Crippen LogP contribution in [0.3, 0.4) is 0 Å². The molecule has 10 nitrogen and oxygen atoms in total. The van der Waals surface area contributed by atoms with Gasteiger partial charge in [0.15, 0.2) is 11.7 Å². The SMILES string of the molecule is CC(=O)OC1[C@H]2[C@]3(CC[C@H](OC(C)=O)[C@]2(C)[C@@H](OC(C)=O)CC/C(C)=C\[C@@H]2OC(=O)[C@H](C)[C@@]12O)CO3. The Balaban J connectivity index is 2.00. The molecule has 0 radical (unpaired) electrons. The van der Waals surface area contributed by atoms with Crippen LogP contribution in [0.25, 0.3) is 0 Å². The number of rotatable bonds is 3. The molecule has 200 valence electrons. The van der Waals surface area contributed by atoms with Crippen molar-refractivity contribution in [1.82, 2.24) is 0 Å². The van der Waals surface area contributed by atoms with Gasteiger partial charge >= 0.3 is 23.9 Å². The Labute approximate surface area is 210 Å². The number of esters is 4. The van der Waals surface area contributed by atoms with Gasteiger partial charge in [-0.15, -0.1) is 0 Å². The van der Waals surface area contributed by atoms with Gasteiger partial charge in [-0.25, -0.2) is 0 Å². The molecule has 0 aromatic heterocycles. The van der Waals surface area contributed by atoms with Crippen LogP contribution in [0.4, 0.5) is 0 Å². The van der Waals surface area contributed by atoms with Gasteiger partial charge < -0.3 is 28.8 Å². The first-order valence-corrected chi connectivity index (χ1v) is 12.5. The molecule has 3 fully saturated rings. The number of fused-ring (bicyclic) bond motifs is 3. The molecule has 9 atom stereocenters. The number of carbonyl (C=O) groups is 4. The fourth-order valence-electron chi connectivity index (χ4n) is 6.76. The Hall–Kier alpha value is -2.46. The van der Waals surface area contributed by atoms with Gasteiger partial charge in [-0.2, -0.15) is 0 Å². The van der Waals surface area contributed by atoms with E-state index in [1.807, 2.05) is 13.8 Å². The maximum atomic E-state index is 12.8. The molecule has 4 rings (SSSR count). The summed E-state index contributed by atoms with van der Waals surface area (Å²) in [6, 6.07) is 0. The van der Waals surface area contributed by atoms with Crippen LogP contribution < -0.4 is 0 Å². The molecule has 36 heavy (non-hydrogen) atoms. The molecule has 0 amide bonds. The minimum Gasteiger partial charge on any atom is -0.462 e. The fourth-order valence-corrected chi connectivity index (χ4v) is 6.76. The predicted octanol–water partition coefficient (Wildman–Crippen LogP) is 2.00. The summed E-state index contributed by atoms with van der Waals surface area (Å²) in [5, 5.41) is 12.3. The second-order valence-corrected chi connectivity index (χ2v) is 11.0. The molecule has 0 bridgehead atoms. The van der Waals surface area contributed by atoms with Crippen LogP contribution in [0.1, 0.15) is 67.2 Å². The maximum absolute atomic E-state index is 12.8. The largest absolute Gasteiger partial charge is 0.462 e. The Kier molecular flexibility index (Phi) is 6.75. The number of carbonyl (C=O) groups excluding carboxylic acids is 4. The van der Waals surface area contributed by atoms with E-state index in [9.17, 15) is 24.3 Å². The van der Waals surface area contributed by atoms with Crippen LogP contribution >= 0.6 is 0 Å². The van der Waals surface area contributed by atoms with Gasteiger partial charge in [0, 0.05) is 26.7 Å². The summed E-state index contributed by atoms with van der Waals surface area (Å²) >= 11 is 0. The number of aliphatic hydroxyl groups is 1. The highest BCUT2D eigenvalue weighted by Crippen LogP contribution is 2.62. The van der Waals surface area contributed by atoms with Gasteiger partial charge in [0.1, 0.15) is 18.3 Å². The van der Waals surface area contributed by atoms with Crippen LogP contribution in [0, 0.1) is 17.3 Å². The zero-order chi connectivity index (χ0) is 26.6. The van der Waals surface area contributed by atoms with E-state index in [0.29, 0.717) is 32.3 Å². The third-order valence-corrected chi connectivity index (χ3v) is 8.62. The Morgan fingerprint density at radius 1 is 1.03 bits per heavy atom. The third kappa shape index (κ3) is 4.22. The van der Waals surface area contributed by atoms with Crippen molar-refractivity contribution in [3.63, 3.8) is 0 Å². The summed E-state index contributed by atoms with van der Waals surface area (Å²) < 4.78 is 29.2. The fraction of sp³-hybridized carbons (Fsp3) is 0.769. The van der Waals surface area contributed by atoms with Crippen molar-refractivity contribution in [2.45, 2.75) is 103 Å². The number of hydrogen-bond acceptors (Lipinski definition) is 10. The minimum atomic E-state index is -1.94. The first-order valence-electron chi connectivity index (χ1n) is 12.5. The van der Waals surface area contributed by atoms with Crippen molar-refractivity contribution in [3.05, 3.63) is 11.6 Å². The molecule has 0 aromatic rings. The van der Waals surface area contributed by atoms with E-state index < -0.39 is 76.7 Å². The van der Waals surface area contributed by atoms with E-state index in [1.165, 1.54) is 20.8 Å². The van der Waals surface area contributed by atoms with E-state index in [2.05, 4.69) is 0 Å². The summed E-state index contributed by atoms with van der Waals surface area (Å²) in [5.74, 6) is -4.10. The summed E-state index contributed by atoms with van der Waals surface area (Å²) in [7, 11) is 0. The topological polar surface area (TPSA) is 138 Å². The summed E-state index contributed by atoms with van der Waals surface area (Å²) in [4.78, 5) is 49.8. The van der Waals surface area contributed by atoms with Gasteiger partial charge in [-0.1, -0.05) is 12.5 Å². The minimum absolute atomic E-state index is 0.323. The number of epoxide rings is 1. The highest BCUT2D eigenvalue weighted by Gasteiger charge is 2.74. The van der Waals surface area contributed by atoms with Crippen LogP contribution in [0.5, 0.6) is 0 Å². The van der Waals surface area contributed by atoms with Gasteiger partial charge in [-0.05, 0) is 45.6 Å². The molecular weight excluding hydrogens is 472 g/mol. The van der Waals surface area contributed by atoms with Crippen LogP contribution in [0.15, 0.2) is 11.6 Å². The lowest BCUT2D eigenvalue weighted by atomic mass is 9.52. The molecule has 10 heteroatoms. The average molecular weight is 509 g/mol. The van der Waals surface area contributed by atoms with Crippen molar-refractivity contribution < 1.29 is 48.0 Å². The van der Waals surface area contributed by atoms with Crippen molar-refractivity contribution in [2.75, 3.05) is 6.61 Å². The lowest BCUT2D eigenvalue weighted by Crippen LogP contribution is -2.69. The molecule has 1 N–H and O–H groups in total. The van der Waals surface area contributed by atoms with E-state index in [0.717, 1.165) is 5.57 Å². The third-order valence-electron chi connectivity index (χ3n) is 8.62. The highest BCUT2D eigenvalue weighted by atomic mass is 16.6. The lowest BCUT2D eigenvalue weighted by Gasteiger charge is -2.56. The van der Waals surface area contributed by atoms with Crippen LogP contribution in [-0.2, 0) is 42.9 Å². The van der Waals surface area contributed by atoms with Gasteiger partial charge in [0.25, 0.3) is 0 Å². The van der Waals surface area contributed by atoms with Crippen molar-refractivity contribution in [1.29, 1.82) is 0 Å². The first-order chi connectivity index (χ1) is 16.8. The molecule has 2 saturated heterocycles. The molecule has 4 aliphatic rings. The predicted molar refractivity (Wildman–Crippen MR) is 123 cm³/mol. The molecule has 1 saturated carbocycles. The second kappa shape index (κ2) is 9.13. The van der Waals surface area contributed by atoms with Crippen molar-refractivity contribution >= 4 is 23.9 Å². The van der Waals surface area contributed by atoms with Gasteiger partial charge in [0.05, 0.1) is 23.5 Å². The van der Waals surface area contributed by atoms with E-state index in [4.69, 9.17) is 23.7 Å². The van der Waals surface area contributed by atoms with Crippen LogP contribution in [0.2, 0.25) is 0 Å². The van der Waals surface area contributed by atoms with E-state index in [-0.39, 0.29) is 0 Å². The summed E-state index contributed by atoms with van der Waals surface area (Å²) in [6.45, 7) is 9.38. The van der Waals surface area contributed by atoms with Crippen LogP contribution in [-0.4, -0.2) is 71.2 Å². The van der Waals surface area contributed by atoms with Gasteiger partial charge in [-0.3, -0.25) is 19.2 Å². The molecule has 2 aliphatic heterocycles. The maximum Gasteiger partial charge on any atom is 0.312 e. The number of ether oxygens (including phenoxy) is 5. The molecule has 1 spiro atoms. The summed E-state index contributed by atoms with van der Waals surface area (Å²) in [5.41, 5.74) is -3.09. The molecule has 2 heterocycles. The second-order valence-electron chi connectivity index (χ2n) is 11.0. The zero-order valence-electron chi connectivity index (χ0n) is 21.7. The Morgan fingerprint density at radius 2 is 1.58 bits per heavy atom. The van der Waals surface area contributed by atoms with E-state index in [1.54, 1.807) is 13.0 Å². The molecular formula is C26H36O10. The number of allylic oxidation sites excluding steroid dienone is 1. The monoisotopic (exact) mass is 508 g/mol. The summed E-state index contributed by atoms with van der Waals surface area (Å²) in [6.07, 6.45) is -0.416. The molecule has 1 unspecified atom stereocenters. The quantitative estimate of drug-likeness (QED) is 0.261. The standard InChI is InChI=1S/C26H36O10/c1-13-7-8-18(33-15(3)27)24(6)19(34-16(4)28)9-10-25(12-32-25)21(24)22(35-17(5)29)26(31)14(2)23(30)36-20(26)11-13/h11,14,18-22,31H,7-10,12H2,1-6H3/b13-11-/t14-,18-,19-,20-,21+,22?,24-,25-,26-/m0/s1.